The summed E-state index contributed by atoms with van der Waals surface area (Å²) in [6.45, 7) is 4.75. The molecule has 18 nitrogen and oxygen atoms in total. The predicted octanol–water partition coefficient (Wildman–Crippen LogP) is 1.46. The van der Waals surface area contributed by atoms with E-state index in [-0.39, 0.29) is 79.1 Å². The fraction of sp³-hybridized carbons (Fsp3) is 0.424. The van der Waals surface area contributed by atoms with E-state index in [4.69, 9.17) is 51.1 Å². The molecule has 10 N–H and O–H groups in total. The third-order valence-electron chi connectivity index (χ3n) is 6.28. The second-order valence-electron chi connectivity index (χ2n) is 11.7. The Hall–Kier alpha value is -5.27. The van der Waals surface area contributed by atoms with Gasteiger partial charge in [-0.1, -0.05) is 26.8 Å². The van der Waals surface area contributed by atoms with Crippen LogP contribution in [0, 0.1) is 10.8 Å². The molecular formula is C33H44O18. The SMILES string of the molecule is CC(C)(CO)CO.CC(CO)(CO)CO.O=C(O)CCCCC(=O)O.O=C(O)c1ccc2c(c1)C(=O)OC2=O.O=C(O)c1cccc(C(=O)O)c1. The Balaban J connectivity index is 0. The standard InChI is InChI=1S/C9H4O5.C8H6O4.C6H10O4.C5H12O3.C5H12O2/c10-7(11)4-1-2-5-6(3-4)9(13)14-8(5)12;9-7(10)5-2-1-3-6(4-5)8(11)12;7-5(8)3-1-2-4-6(9)10;1-5(2-6,3-7)4-8;1-5(2,3-6)4-7/h1-3H,(H,10,11);1-4H,(H,9,10)(H,11,12);1-4H2,(H,7,8)(H,9,10);6-8H,2-4H2,1H3;6-7H,3-4H2,1-2H3. The van der Waals surface area contributed by atoms with E-state index in [0.717, 1.165) is 12.1 Å². The molecule has 18 heteroatoms. The van der Waals surface area contributed by atoms with Crippen LogP contribution in [0.1, 0.15) is 98.2 Å². The van der Waals surface area contributed by atoms with Crippen LogP contribution in [0.4, 0.5) is 0 Å². The van der Waals surface area contributed by atoms with Crippen LogP contribution < -0.4 is 0 Å². The third-order valence-corrected chi connectivity index (χ3v) is 6.28. The summed E-state index contributed by atoms with van der Waals surface area (Å²) in [5.41, 5.74) is -0.977. The number of aliphatic carboxylic acids is 2. The van der Waals surface area contributed by atoms with Crippen molar-refractivity contribution in [1.82, 2.24) is 0 Å². The first kappa shape index (κ1) is 47.8. The molecule has 0 aromatic heterocycles. The predicted molar refractivity (Wildman–Crippen MR) is 175 cm³/mol. The molecule has 1 aliphatic rings. The highest BCUT2D eigenvalue weighted by Crippen LogP contribution is 2.21. The first-order chi connectivity index (χ1) is 23.6. The van der Waals surface area contributed by atoms with E-state index in [1.165, 1.54) is 30.3 Å². The van der Waals surface area contributed by atoms with E-state index in [2.05, 4.69) is 4.74 Å². The number of rotatable bonds is 13. The van der Waals surface area contributed by atoms with Gasteiger partial charge in [-0.15, -0.1) is 0 Å². The summed E-state index contributed by atoms with van der Waals surface area (Å²) >= 11 is 0. The van der Waals surface area contributed by atoms with Gasteiger partial charge in [-0.25, -0.2) is 24.0 Å². The van der Waals surface area contributed by atoms with Gasteiger partial charge in [0.05, 0.1) is 60.9 Å². The van der Waals surface area contributed by atoms with E-state index < -0.39 is 47.2 Å². The molecule has 0 unspecified atom stereocenters. The summed E-state index contributed by atoms with van der Waals surface area (Å²) in [6.07, 6.45) is 1.02. The Labute approximate surface area is 291 Å². The van der Waals surface area contributed by atoms with Crippen LogP contribution in [0.2, 0.25) is 0 Å². The minimum absolute atomic E-state index is 0.00917. The molecule has 51 heavy (non-hydrogen) atoms. The zero-order valence-corrected chi connectivity index (χ0v) is 28.1. The number of fused-ring (bicyclic) bond motifs is 1. The van der Waals surface area contributed by atoms with E-state index in [1.807, 2.05) is 0 Å². The van der Waals surface area contributed by atoms with Gasteiger partial charge in [-0.3, -0.25) is 9.59 Å². The second kappa shape index (κ2) is 24.0. The fourth-order valence-electron chi connectivity index (χ4n) is 2.76. The van der Waals surface area contributed by atoms with Gasteiger partial charge in [0, 0.05) is 23.7 Å². The highest BCUT2D eigenvalue weighted by Gasteiger charge is 2.30. The molecule has 2 aromatic rings. The highest BCUT2D eigenvalue weighted by molar-refractivity contribution is 6.15. The molecule has 3 rings (SSSR count). The lowest BCUT2D eigenvalue weighted by atomic mass is 9.95. The molecule has 1 heterocycles. The number of aliphatic hydroxyl groups excluding tert-OH is 5. The van der Waals surface area contributed by atoms with Gasteiger partial charge in [0.1, 0.15) is 0 Å². The molecule has 0 radical (unpaired) electrons. The van der Waals surface area contributed by atoms with Crippen molar-refractivity contribution < 1.29 is 89.4 Å². The molecule has 0 fully saturated rings. The smallest absolute Gasteiger partial charge is 0.346 e. The summed E-state index contributed by atoms with van der Waals surface area (Å²) < 4.78 is 4.30. The second-order valence-corrected chi connectivity index (χ2v) is 11.7. The number of cyclic esters (lactones) is 2. The average molecular weight is 729 g/mol. The zero-order chi connectivity index (χ0) is 39.9. The fourth-order valence-corrected chi connectivity index (χ4v) is 2.76. The number of aliphatic hydroxyl groups is 5. The molecular weight excluding hydrogens is 684 g/mol. The van der Waals surface area contributed by atoms with Crippen molar-refractivity contribution in [3.63, 3.8) is 0 Å². The van der Waals surface area contributed by atoms with Gasteiger partial charge in [0.2, 0.25) is 0 Å². The average Bonchev–Trinajstić information content (AvgIpc) is 3.39. The number of carboxylic acid groups (broad SMARTS) is 5. The topological polar surface area (TPSA) is 331 Å². The number of ether oxygens (including phenoxy) is 1. The summed E-state index contributed by atoms with van der Waals surface area (Å²) in [4.78, 5) is 73.1. The Bertz CT molecular complexity index is 1420. The monoisotopic (exact) mass is 728 g/mol. The number of aromatic carboxylic acids is 3. The summed E-state index contributed by atoms with van der Waals surface area (Å²) in [5.74, 6) is -6.68. The molecule has 2 aromatic carbocycles. The number of unbranched alkanes of at least 4 members (excludes halogenated alkanes) is 1. The van der Waals surface area contributed by atoms with Crippen LogP contribution in [-0.4, -0.2) is 126 Å². The van der Waals surface area contributed by atoms with Gasteiger partial charge in [0.25, 0.3) is 0 Å². The van der Waals surface area contributed by atoms with Gasteiger partial charge < -0.3 is 55.8 Å². The van der Waals surface area contributed by atoms with Crippen molar-refractivity contribution >= 4 is 41.8 Å². The Kier molecular flexibility index (Phi) is 22.5. The molecule has 1 aliphatic heterocycles. The van der Waals surface area contributed by atoms with Crippen LogP contribution in [0.5, 0.6) is 0 Å². The van der Waals surface area contributed by atoms with Crippen molar-refractivity contribution in [3.8, 4) is 0 Å². The van der Waals surface area contributed by atoms with Gasteiger partial charge in [-0.05, 0) is 49.2 Å². The van der Waals surface area contributed by atoms with Crippen LogP contribution >= 0.6 is 0 Å². The molecule has 0 atom stereocenters. The third kappa shape index (κ3) is 20.1. The largest absolute Gasteiger partial charge is 0.481 e. The van der Waals surface area contributed by atoms with Crippen molar-refractivity contribution in [1.29, 1.82) is 0 Å². The van der Waals surface area contributed by atoms with Crippen LogP contribution in [0.25, 0.3) is 0 Å². The lowest BCUT2D eigenvalue weighted by Crippen LogP contribution is -2.29. The Morgan fingerprint density at radius 1 is 0.549 bits per heavy atom. The first-order valence-corrected chi connectivity index (χ1v) is 14.8. The van der Waals surface area contributed by atoms with E-state index in [0.29, 0.717) is 12.8 Å². The molecule has 0 saturated heterocycles. The highest BCUT2D eigenvalue weighted by atomic mass is 16.6. The number of benzene rings is 2. The molecule has 0 amide bonds. The van der Waals surface area contributed by atoms with Crippen molar-refractivity contribution in [2.75, 3.05) is 33.0 Å². The van der Waals surface area contributed by atoms with Crippen LogP contribution in [0.15, 0.2) is 42.5 Å². The summed E-state index contributed by atoms with van der Waals surface area (Å²) in [6, 6.07) is 8.85. The molecule has 0 spiro atoms. The first-order valence-electron chi connectivity index (χ1n) is 14.8. The quantitative estimate of drug-likeness (QED) is 0.0792. The number of carbonyl (C=O) groups is 7. The van der Waals surface area contributed by atoms with Gasteiger partial charge in [-0.2, -0.15) is 0 Å². The molecule has 0 saturated carbocycles. The Morgan fingerprint density at radius 2 is 0.922 bits per heavy atom. The van der Waals surface area contributed by atoms with Crippen molar-refractivity contribution in [2.45, 2.75) is 46.5 Å². The number of hydrogen-bond donors (Lipinski definition) is 10. The van der Waals surface area contributed by atoms with E-state index >= 15 is 0 Å². The van der Waals surface area contributed by atoms with Gasteiger partial charge >= 0.3 is 41.8 Å². The number of carbonyl (C=O) groups excluding carboxylic acids is 2. The number of esters is 2. The normalized spacial score (nSPS) is 11.3. The lowest BCUT2D eigenvalue weighted by Gasteiger charge is -2.20. The Morgan fingerprint density at radius 3 is 1.22 bits per heavy atom. The maximum absolute atomic E-state index is 11.0. The van der Waals surface area contributed by atoms with Crippen LogP contribution in [0.3, 0.4) is 0 Å². The minimum Gasteiger partial charge on any atom is -0.481 e. The van der Waals surface area contributed by atoms with Gasteiger partial charge in [0.15, 0.2) is 0 Å². The molecule has 0 aliphatic carbocycles. The van der Waals surface area contributed by atoms with E-state index in [9.17, 15) is 33.6 Å². The van der Waals surface area contributed by atoms with Crippen molar-refractivity contribution in [2.24, 2.45) is 10.8 Å². The summed E-state index contributed by atoms with van der Waals surface area (Å²) in [7, 11) is 0. The number of carboxylic acids is 5. The van der Waals surface area contributed by atoms with E-state index in [1.54, 1.807) is 20.8 Å². The number of hydrogen-bond acceptors (Lipinski definition) is 13. The minimum atomic E-state index is -1.15. The zero-order valence-electron chi connectivity index (χ0n) is 28.1. The summed E-state index contributed by atoms with van der Waals surface area (Å²) in [5, 5.41) is 84.2. The lowest BCUT2D eigenvalue weighted by molar-refractivity contribution is -0.139. The molecule has 284 valence electrons. The maximum atomic E-state index is 11.0. The van der Waals surface area contributed by atoms with Crippen LogP contribution in [-0.2, 0) is 14.3 Å². The molecule has 0 bridgehead atoms. The maximum Gasteiger partial charge on any atom is 0.346 e. The van der Waals surface area contributed by atoms with Crippen molar-refractivity contribution in [3.05, 3.63) is 70.3 Å².